The zero-order valence-corrected chi connectivity index (χ0v) is 9.38. The molecular weight excluding hydrogens is 252 g/mol. The quantitative estimate of drug-likeness (QED) is 0.657. The van der Waals surface area contributed by atoms with E-state index in [0.717, 1.165) is 12.1 Å². The molecule has 1 aromatic carbocycles. The SMILES string of the molecule is OC1(Oc2cc(F)cc(F)c2)CC(F)CC(F)C1. The van der Waals surface area contributed by atoms with Crippen molar-refractivity contribution in [1.29, 1.82) is 0 Å². The Hall–Kier alpha value is -1.30. The first kappa shape index (κ1) is 13.1. The number of ether oxygens (including phenoxy) is 1. The summed E-state index contributed by atoms with van der Waals surface area (Å²) in [5, 5.41) is 9.90. The van der Waals surface area contributed by atoms with Crippen LogP contribution in [0.4, 0.5) is 17.6 Å². The molecule has 0 bridgehead atoms. The predicted molar refractivity (Wildman–Crippen MR) is 55.6 cm³/mol. The summed E-state index contributed by atoms with van der Waals surface area (Å²) in [6, 6.07) is 2.32. The fourth-order valence-corrected chi connectivity index (χ4v) is 2.11. The van der Waals surface area contributed by atoms with Crippen molar-refractivity contribution in [2.75, 3.05) is 0 Å². The lowest BCUT2D eigenvalue weighted by molar-refractivity contribution is -0.184. The normalized spacial score (nSPS) is 32.3. The van der Waals surface area contributed by atoms with Crippen LogP contribution in [0.25, 0.3) is 0 Å². The Labute approximate surface area is 101 Å². The highest BCUT2D eigenvalue weighted by molar-refractivity contribution is 5.24. The van der Waals surface area contributed by atoms with Crippen molar-refractivity contribution in [3.63, 3.8) is 0 Å². The van der Waals surface area contributed by atoms with Gasteiger partial charge in [0.2, 0.25) is 5.79 Å². The summed E-state index contributed by atoms with van der Waals surface area (Å²) >= 11 is 0. The molecule has 2 nitrogen and oxygen atoms in total. The highest BCUT2D eigenvalue weighted by Crippen LogP contribution is 2.34. The molecule has 1 fully saturated rings. The van der Waals surface area contributed by atoms with E-state index in [4.69, 9.17) is 4.74 Å². The molecule has 0 saturated heterocycles. The first-order valence-electron chi connectivity index (χ1n) is 5.52. The van der Waals surface area contributed by atoms with Gasteiger partial charge >= 0.3 is 0 Å². The van der Waals surface area contributed by atoms with Crippen molar-refractivity contribution in [3.8, 4) is 5.75 Å². The molecule has 1 saturated carbocycles. The lowest BCUT2D eigenvalue weighted by atomic mass is 9.91. The van der Waals surface area contributed by atoms with Gasteiger partial charge in [-0.1, -0.05) is 0 Å². The van der Waals surface area contributed by atoms with Gasteiger partial charge in [-0.15, -0.1) is 0 Å². The standard InChI is InChI=1S/C12H12F4O2/c13-7-1-8(14)4-11(3-7)18-12(17)5-9(15)2-10(16)6-12/h1,3-4,9-10,17H,2,5-6H2. The molecule has 0 aromatic heterocycles. The van der Waals surface area contributed by atoms with Gasteiger partial charge in [0.05, 0.1) is 0 Å². The molecule has 2 unspecified atom stereocenters. The summed E-state index contributed by atoms with van der Waals surface area (Å²) < 4.78 is 57.1. The molecule has 6 heteroatoms. The molecule has 18 heavy (non-hydrogen) atoms. The molecule has 0 radical (unpaired) electrons. The molecule has 0 amide bonds. The number of benzene rings is 1. The van der Waals surface area contributed by atoms with E-state index in [1.165, 1.54) is 0 Å². The van der Waals surface area contributed by atoms with Crippen LogP contribution in [0.5, 0.6) is 5.75 Å². The highest BCUT2D eigenvalue weighted by atomic mass is 19.2. The third-order valence-electron chi connectivity index (χ3n) is 2.74. The fourth-order valence-electron chi connectivity index (χ4n) is 2.11. The molecule has 1 aromatic rings. The fraction of sp³-hybridized carbons (Fsp3) is 0.500. The van der Waals surface area contributed by atoms with Crippen LogP contribution in [0.15, 0.2) is 18.2 Å². The van der Waals surface area contributed by atoms with E-state index in [1.807, 2.05) is 0 Å². The van der Waals surface area contributed by atoms with Crippen LogP contribution < -0.4 is 4.74 Å². The van der Waals surface area contributed by atoms with E-state index >= 15 is 0 Å². The summed E-state index contributed by atoms with van der Waals surface area (Å²) in [4.78, 5) is 0. The monoisotopic (exact) mass is 264 g/mol. The second-order valence-electron chi connectivity index (χ2n) is 4.49. The van der Waals surface area contributed by atoms with Crippen molar-refractivity contribution >= 4 is 0 Å². The van der Waals surface area contributed by atoms with E-state index in [-0.39, 0.29) is 12.2 Å². The summed E-state index contributed by atoms with van der Waals surface area (Å²) in [5.74, 6) is -4.15. The average Bonchev–Trinajstić information content (AvgIpc) is 2.10. The van der Waals surface area contributed by atoms with Crippen molar-refractivity contribution in [1.82, 2.24) is 0 Å². The van der Waals surface area contributed by atoms with Gasteiger partial charge in [-0.2, -0.15) is 0 Å². The molecule has 0 spiro atoms. The number of hydrogen-bond acceptors (Lipinski definition) is 2. The minimum absolute atomic E-state index is 0.295. The smallest absolute Gasteiger partial charge is 0.213 e. The summed E-state index contributed by atoms with van der Waals surface area (Å²) in [6.07, 6.45) is -4.24. The molecule has 2 rings (SSSR count). The first-order valence-corrected chi connectivity index (χ1v) is 5.52. The highest BCUT2D eigenvalue weighted by Gasteiger charge is 2.42. The maximum absolute atomic E-state index is 13.2. The Bertz CT molecular complexity index is 408. The molecule has 100 valence electrons. The molecule has 0 aliphatic heterocycles. The maximum Gasteiger partial charge on any atom is 0.213 e. The van der Waals surface area contributed by atoms with Crippen molar-refractivity contribution < 1.29 is 27.4 Å². The van der Waals surface area contributed by atoms with E-state index in [1.54, 1.807) is 0 Å². The van der Waals surface area contributed by atoms with Crippen LogP contribution in [0, 0.1) is 11.6 Å². The van der Waals surface area contributed by atoms with Crippen LogP contribution >= 0.6 is 0 Å². The minimum Gasteiger partial charge on any atom is -0.462 e. The van der Waals surface area contributed by atoms with Crippen molar-refractivity contribution in [2.24, 2.45) is 0 Å². The lowest BCUT2D eigenvalue weighted by Crippen LogP contribution is -2.45. The van der Waals surface area contributed by atoms with E-state index in [0.29, 0.717) is 6.07 Å². The topological polar surface area (TPSA) is 29.5 Å². The minimum atomic E-state index is -2.07. The average molecular weight is 264 g/mol. The molecule has 1 aliphatic carbocycles. The molecular formula is C12H12F4O2. The number of halogens is 4. The predicted octanol–water partition coefficient (Wildman–Crippen LogP) is 2.89. The van der Waals surface area contributed by atoms with E-state index in [2.05, 4.69) is 0 Å². The van der Waals surface area contributed by atoms with Crippen molar-refractivity contribution in [2.45, 2.75) is 37.4 Å². The van der Waals surface area contributed by atoms with Gasteiger partial charge in [0.1, 0.15) is 29.7 Å². The third-order valence-corrected chi connectivity index (χ3v) is 2.74. The molecule has 0 heterocycles. The van der Waals surface area contributed by atoms with Gasteiger partial charge in [-0.05, 0) is 0 Å². The molecule has 1 N–H and O–H groups in total. The van der Waals surface area contributed by atoms with Crippen LogP contribution in [0.3, 0.4) is 0 Å². The van der Waals surface area contributed by atoms with Crippen LogP contribution in [-0.2, 0) is 0 Å². The number of alkyl halides is 2. The Morgan fingerprint density at radius 2 is 1.56 bits per heavy atom. The van der Waals surface area contributed by atoms with Gasteiger partial charge in [0.15, 0.2) is 0 Å². The Balaban J connectivity index is 2.16. The summed E-state index contributed by atoms with van der Waals surface area (Å²) in [7, 11) is 0. The van der Waals surface area contributed by atoms with Crippen LogP contribution in [0.2, 0.25) is 0 Å². The second kappa shape index (κ2) is 4.76. The third kappa shape index (κ3) is 3.13. The van der Waals surface area contributed by atoms with Crippen molar-refractivity contribution in [3.05, 3.63) is 29.8 Å². The number of aliphatic hydroxyl groups is 1. The summed E-state index contributed by atoms with van der Waals surface area (Å²) in [5.41, 5.74) is 0. The lowest BCUT2D eigenvalue weighted by Gasteiger charge is -2.35. The van der Waals surface area contributed by atoms with Gasteiger partial charge in [0, 0.05) is 37.5 Å². The van der Waals surface area contributed by atoms with E-state index in [9.17, 15) is 22.7 Å². The molecule has 1 aliphatic rings. The number of hydrogen-bond donors (Lipinski definition) is 1. The Kier molecular flexibility index (Phi) is 3.47. The van der Waals surface area contributed by atoms with Crippen LogP contribution in [0.1, 0.15) is 19.3 Å². The Morgan fingerprint density at radius 1 is 1.06 bits per heavy atom. The van der Waals surface area contributed by atoms with Gasteiger partial charge in [-0.25, -0.2) is 17.6 Å². The van der Waals surface area contributed by atoms with E-state index < -0.39 is 42.6 Å². The second-order valence-corrected chi connectivity index (χ2v) is 4.49. The molecule has 2 atom stereocenters. The first-order chi connectivity index (χ1) is 8.36. The van der Waals surface area contributed by atoms with Gasteiger partial charge in [0.25, 0.3) is 0 Å². The Morgan fingerprint density at radius 3 is 2.06 bits per heavy atom. The van der Waals surface area contributed by atoms with Gasteiger partial charge < -0.3 is 9.84 Å². The maximum atomic E-state index is 13.2. The summed E-state index contributed by atoms with van der Waals surface area (Å²) in [6.45, 7) is 0. The largest absolute Gasteiger partial charge is 0.462 e. The number of rotatable bonds is 2. The van der Waals surface area contributed by atoms with Gasteiger partial charge in [-0.3, -0.25) is 0 Å². The zero-order chi connectivity index (χ0) is 13.3. The zero-order valence-electron chi connectivity index (χ0n) is 9.38. The van der Waals surface area contributed by atoms with Crippen LogP contribution in [-0.4, -0.2) is 23.2 Å².